The monoisotopic (exact) mass is 161 g/mol. The molecule has 0 aromatic heterocycles. The topological polar surface area (TPSA) is 29.1 Å². The molecule has 0 saturated heterocycles. The van der Waals surface area contributed by atoms with Gasteiger partial charge in [0, 0.05) is 11.6 Å². The van der Waals surface area contributed by atoms with E-state index in [0.717, 1.165) is 18.3 Å². The molecule has 0 aliphatic heterocycles. The van der Waals surface area contributed by atoms with E-state index in [1.54, 1.807) is 0 Å². The molecule has 1 unspecified atom stereocenters. The summed E-state index contributed by atoms with van der Waals surface area (Å²) < 4.78 is 0. The van der Waals surface area contributed by atoms with Crippen molar-refractivity contribution in [1.29, 1.82) is 0 Å². The van der Waals surface area contributed by atoms with Gasteiger partial charge >= 0.3 is 0 Å². The fraction of sp³-hybridized carbons (Fsp3) is 0.300. The summed E-state index contributed by atoms with van der Waals surface area (Å²) in [4.78, 5) is 10.4. The summed E-state index contributed by atoms with van der Waals surface area (Å²) >= 11 is 0. The van der Waals surface area contributed by atoms with E-state index in [4.69, 9.17) is 0 Å². The second-order valence-corrected chi connectivity index (χ2v) is 3.12. The lowest BCUT2D eigenvalue weighted by molar-refractivity contribution is 0.112. The molecule has 1 N–H and O–H groups in total. The van der Waals surface area contributed by atoms with Crippen molar-refractivity contribution >= 4 is 6.29 Å². The van der Waals surface area contributed by atoms with Gasteiger partial charge in [-0.1, -0.05) is 12.1 Å². The average Bonchev–Trinajstić information content (AvgIpc) is 2.07. The van der Waals surface area contributed by atoms with Gasteiger partial charge in [-0.25, -0.2) is 0 Å². The summed E-state index contributed by atoms with van der Waals surface area (Å²) in [6, 6.07) is 6.37. The zero-order valence-electron chi connectivity index (χ0n) is 7.00. The van der Waals surface area contributed by atoms with Crippen molar-refractivity contribution in [1.82, 2.24) is 5.32 Å². The summed E-state index contributed by atoms with van der Waals surface area (Å²) in [5.41, 5.74) is 3.42. The van der Waals surface area contributed by atoms with Crippen molar-refractivity contribution in [2.24, 2.45) is 0 Å². The van der Waals surface area contributed by atoms with Crippen LogP contribution >= 0.6 is 0 Å². The number of benzene rings is 1. The van der Waals surface area contributed by atoms with Crippen LogP contribution in [-0.2, 0) is 6.42 Å². The standard InChI is InChI=1S/C10H11NO/c1-11-10-5-8-4-7(6-12)2-3-9(8)10/h2-4,6,10-11H,5H2,1H3. The van der Waals surface area contributed by atoms with E-state index in [1.807, 2.05) is 25.2 Å². The summed E-state index contributed by atoms with van der Waals surface area (Å²) in [6.45, 7) is 0. The number of aldehydes is 1. The Bertz CT molecular complexity index is 320. The average molecular weight is 161 g/mol. The lowest BCUT2D eigenvalue weighted by Gasteiger charge is -2.29. The molecule has 0 spiro atoms. The zero-order chi connectivity index (χ0) is 8.55. The normalized spacial score (nSPS) is 19.6. The number of hydrogen-bond acceptors (Lipinski definition) is 2. The van der Waals surface area contributed by atoms with Crippen molar-refractivity contribution in [2.45, 2.75) is 12.5 Å². The van der Waals surface area contributed by atoms with Gasteiger partial charge < -0.3 is 5.32 Å². The third-order valence-electron chi connectivity index (χ3n) is 2.45. The molecule has 0 saturated carbocycles. The number of nitrogens with one attached hydrogen (secondary N) is 1. The molecule has 1 atom stereocenters. The first-order valence-corrected chi connectivity index (χ1v) is 4.10. The number of likely N-dealkylation sites (N-methyl/N-ethyl adjacent to an activating group) is 1. The smallest absolute Gasteiger partial charge is 0.150 e. The number of rotatable bonds is 2. The van der Waals surface area contributed by atoms with Gasteiger partial charge in [0.05, 0.1) is 0 Å². The quantitative estimate of drug-likeness (QED) is 0.663. The Labute approximate surface area is 71.6 Å². The highest BCUT2D eigenvalue weighted by atomic mass is 16.1. The fourth-order valence-electron chi connectivity index (χ4n) is 1.67. The minimum Gasteiger partial charge on any atom is -0.313 e. The Kier molecular flexibility index (Phi) is 1.70. The first-order chi connectivity index (χ1) is 5.85. The summed E-state index contributed by atoms with van der Waals surface area (Å²) in [5.74, 6) is 0. The summed E-state index contributed by atoms with van der Waals surface area (Å²) in [7, 11) is 1.96. The van der Waals surface area contributed by atoms with E-state index in [0.29, 0.717) is 6.04 Å². The maximum absolute atomic E-state index is 10.4. The highest BCUT2D eigenvalue weighted by molar-refractivity contribution is 5.75. The van der Waals surface area contributed by atoms with Gasteiger partial charge in [-0.15, -0.1) is 0 Å². The Morgan fingerprint density at radius 3 is 3.00 bits per heavy atom. The molecule has 1 aromatic carbocycles. The van der Waals surface area contributed by atoms with E-state index in [1.165, 1.54) is 11.1 Å². The van der Waals surface area contributed by atoms with Gasteiger partial charge in [0.2, 0.25) is 0 Å². The number of fused-ring (bicyclic) bond motifs is 1. The fourth-order valence-corrected chi connectivity index (χ4v) is 1.67. The highest BCUT2D eigenvalue weighted by Gasteiger charge is 2.23. The Hall–Kier alpha value is -1.15. The van der Waals surface area contributed by atoms with Crippen molar-refractivity contribution in [3.05, 3.63) is 34.9 Å². The van der Waals surface area contributed by atoms with Crippen LogP contribution in [0.2, 0.25) is 0 Å². The largest absolute Gasteiger partial charge is 0.313 e. The molecular formula is C10H11NO. The van der Waals surface area contributed by atoms with Crippen molar-refractivity contribution < 1.29 is 4.79 Å². The van der Waals surface area contributed by atoms with Crippen LogP contribution in [0.4, 0.5) is 0 Å². The maximum Gasteiger partial charge on any atom is 0.150 e. The molecule has 0 amide bonds. The van der Waals surface area contributed by atoms with Crippen LogP contribution in [0.3, 0.4) is 0 Å². The number of hydrogen-bond donors (Lipinski definition) is 1. The van der Waals surface area contributed by atoms with Crippen LogP contribution in [0.1, 0.15) is 27.5 Å². The summed E-state index contributed by atoms with van der Waals surface area (Å²) in [6.07, 6.45) is 1.94. The van der Waals surface area contributed by atoms with Crippen LogP contribution < -0.4 is 5.32 Å². The van der Waals surface area contributed by atoms with Crippen LogP contribution in [0.15, 0.2) is 18.2 Å². The van der Waals surface area contributed by atoms with Gasteiger partial charge in [-0.3, -0.25) is 4.79 Å². The van der Waals surface area contributed by atoms with Crippen molar-refractivity contribution in [2.75, 3.05) is 7.05 Å². The number of carbonyl (C=O) groups excluding carboxylic acids is 1. The molecule has 2 rings (SSSR count). The van der Waals surface area contributed by atoms with E-state index < -0.39 is 0 Å². The maximum atomic E-state index is 10.4. The first-order valence-electron chi connectivity index (χ1n) is 4.10. The molecule has 0 radical (unpaired) electrons. The predicted octanol–water partition coefficient (Wildman–Crippen LogP) is 1.32. The molecule has 2 heteroatoms. The highest BCUT2D eigenvalue weighted by Crippen LogP contribution is 2.32. The molecular weight excluding hydrogens is 150 g/mol. The van der Waals surface area contributed by atoms with Gasteiger partial charge in [0.25, 0.3) is 0 Å². The second-order valence-electron chi connectivity index (χ2n) is 3.12. The molecule has 0 fully saturated rings. The molecule has 0 heterocycles. The summed E-state index contributed by atoms with van der Waals surface area (Å²) in [5, 5.41) is 3.21. The Morgan fingerprint density at radius 2 is 2.42 bits per heavy atom. The van der Waals surface area contributed by atoms with E-state index >= 15 is 0 Å². The Balaban J connectivity index is 2.34. The molecule has 12 heavy (non-hydrogen) atoms. The SMILES string of the molecule is CNC1Cc2cc(C=O)ccc21. The molecule has 1 aliphatic rings. The van der Waals surface area contributed by atoms with E-state index in [9.17, 15) is 4.79 Å². The van der Waals surface area contributed by atoms with Gasteiger partial charge in [0.15, 0.2) is 0 Å². The molecule has 0 bridgehead atoms. The lowest BCUT2D eigenvalue weighted by Crippen LogP contribution is -2.28. The lowest BCUT2D eigenvalue weighted by atomic mass is 9.82. The predicted molar refractivity (Wildman–Crippen MR) is 47.3 cm³/mol. The first kappa shape index (κ1) is 7.50. The zero-order valence-corrected chi connectivity index (χ0v) is 7.00. The van der Waals surface area contributed by atoms with Crippen molar-refractivity contribution in [3.63, 3.8) is 0 Å². The molecule has 1 aromatic rings. The third kappa shape index (κ3) is 0.959. The van der Waals surface area contributed by atoms with Crippen LogP contribution in [0.25, 0.3) is 0 Å². The molecule has 1 aliphatic carbocycles. The third-order valence-corrected chi connectivity index (χ3v) is 2.45. The molecule has 2 nitrogen and oxygen atoms in total. The van der Waals surface area contributed by atoms with Gasteiger partial charge in [0.1, 0.15) is 6.29 Å². The number of carbonyl (C=O) groups is 1. The van der Waals surface area contributed by atoms with E-state index in [-0.39, 0.29) is 0 Å². The second kappa shape index (κ2) is 2.72. The van der Waals surface area contributed by atoms with Gasteiger partial charge in [-0.2, -0.15) is 0 Å². The minimum atomic E-state index is 0.501. The van der Waals surface area contributed by atoms with Crippen LogP contribution in [-0.4, -0.2) is 13.3 Å². The van der Waals surface area contributed by atoms with Crippen LogP contribution in [0, 0.1) is 0 Å². The molecule has 62 valence electrons. The van der Waals surface area contributed by atoms with Gasteiger partial charge in [-0.05, 0) is 30.7 Å². The minimum absolute atomic E-state index is 0.501. The van der Waals surface area contributed by atoms with E-state index in [2.05, 4.69) is 5.32 Å². The van der Waals surface area contributed by atoms with Crippen molar-refractivity contribution in [3.8, 4) is 0 Å². The Morgan fingerprint density at radius 1 is 1.58 bits per heavy atom. The van der Waals surface area contributed by atoms with Crippen LogP contribution in [0.5, 0.6) is 0 Å².